The minimum atomic E-state index is -3.60. The zero-order chi connectivity index (χ0) is 12.1. The third kappa shape index (κ3) is 7.29. The van der Waals surface area contributed by atoms with E-state index in [1.54, 1.807) is 13.8 Å². The molecule has 0 aromatic carbocycles. The van der Waals surface area contributed by atoms with Gasteiger partial charge in [0.1, 0.15) is 0 Å². The number of aliphatic hydroxyl groups excluding tert-OH is 1. The monoisotopic (exact) mass is 239 g/mol. The molecule has 15 heavy (non-hydrogen) atoms. The van der Waals surface area contributed by atoms with Crippen LogP contribution in [0.15, 0.2) is 0 Å². The van der Waals surface area contributed by atoms with Crippen LogP contribution in [0.4, 0.5) is 0 Å². The summed E-state index contributed by atoms with van der Waals surface area (Å²) in [5, 5.41) is 17.6. The maximum absolute atomic E-state index is 11.2. The van der Waals surface area contributed by atoms with Crippen LogP contribution in [0, 0.1) is 5.92 Å². The maximum atomic E-state index is 11.2. The van der Waals surface area contributed by atoms with Gasteiger partial charge in [0.25, 0.3) is 0 Å². The van der Waals surface area contributed by atoms with Gasteiger partial charge in [-0.2, -0.15) is 0 Å². The average Bonchev–Trinajstić information content (AvgIpc) is 2.11. The lowest BCUT2D eigenvalue weighted by Crippen LogP contribution is -2.36. The Balaban J connectivity index is 4.00. The van der Waals surface area contributed by atoms with E-state index in [1.165, 1.54) is 0 Å². The van der Waals surface area contributed by atoms with Crippen molar-refractivity contribution < 1.29 is 23.4 Å². The standard InChI is InChI=1S/C8H17NO5S/c1-6(2)7(10)5-9-15(13,14)4-3-8(11)12/h6-7,9-10H,3-5H2,1-2H3,(H,11,12). The molecule has 0 spiro atoms. The molecule has 3 N–H and O–H groups in total. The van der Waals surface area contributed by atoms with Crippen molar-refractivity contribution in [3.63, 3.8) is 0 Å². The summed E-state index contributed by atoms with van der Waals surface area (Å²) in [5.41, 5.74) is 0. The molecule has 0 rings (SSSR count). The van der Waals surface area contributed by atoms with Gasteiger partial charge in [0.15, 0.2) is 0 Å². The predicted molar refractivity (Wildman–Crippen MR) is 54.9 cm³/mol. The van der Waals surface area contributed by atoms with Crippen LogP contribution in [0.1, 0.15) is 20.3 Å². The molecular weight excluding hydrogens is 222 g/mol. The van der Waals surface area contributed by atoms with Gasteiger partial charge in [-0.1, -0.05) is 13.8 Å². The highest BCUT2D eigenvalue weighted by Crippen LogP contribution is 2.00. The summed E-state index contributed by atoms with van der Waals surface area (Å²) in [4.78, 5) is 10.2. The second-order valence-corrected chi connectivity index (χ2v) is 5.55. The zero-order valence-corrected chi connectivity index (χ0v) is 9.62. The number of carbonyl (C=O) groups is 1. The van der Waals surface area contributed by atoms with E-state index in [9.17, 15) is 18.3 Å². The van der Waals surface area contributed by atoms with Gasteiger partial charge in [0, 0.05) is 6.54 Å². The minimum absolute atomic E-state index is 0.0489. The number of carboxylic acid groups (broad SMARTS) is 1. The van der Waals surface area contributed by atoms with Gasteiger partial charge in [-0.3, -0.25) is 4.79 Å². The molecule has 0 saturated carbocycles. The molecule has 0 bridgehead atoms. The number of aliphatic hydroxyl groups is 1. The normalized spacial score (nSPS) is 14.1. The fourth-order valence-corrected chi connectivity index (χ4v) is 1.75. The highest BCUT2D eigenvalue weighted by atomic mass is 32.2. The van der Waals surface area contributed by atoms with Crippen molar-refractivity contribution in [1.29, 1.82) is 0 Å². The molecule has 0 aliphatic carbocycles. The van der Waals surface area contributed by atoms with Crippen LogP contribution < -0.4 is 4.72 Å². The second-order valence-electron chi connectivity index (χ2n) is 3.62. The van der Waals surface area contributed by atoms with E-state index in [0.29, 0.717) is 0 Å². The van der Waals surface area contributed by atoms with Gasteiger partial charge in [0.05, 0.1) is 18.3 Å². The van der Waals surface area contributed by atoms with Gasteiger partial charge in [0.2, 0.25) is 10.0 Å². The summed E-state index contributed by atoms with van der Waals surface area (Å²) in [6, 6.07) is 0. The number of aliphatic carboxylic acids is 1. The molecule has 0 fully saturated rings. The Labute approximate surface area is 89.4 Å². The third-order valence-corrected chi connectivity index (χ3v) is 3.21. The van der Waals surface area contributed by atoms with Crippen molar-refractivity contribution in [3.8, 4) is 0 Å². The number of carboxylic acids is 1. The highest BCUT2D eigenvalue weighted by Gasteiger charge is 2.16. The van der Waals surface area contributed by atoms with Crippen LogP contribution in [0.25, 0.3) is 0 Å². The lowest BCUT2D eigenvalue weighted by molar-refractivity contribution is -0.136. The smallest absolute Gasteiger partial charge is 0.304 e. The van der Waals surface area contributed by atoms with Gasteiger partial charge >= 0.3 is 5.97 Å². The first-order chi connectivity index (χ1) is 6.74. The molecule has 0 aromatic heterocycles. The van der Waals surface area contributed by atoms with Crippen molar-refractivity contribution in [2.45, 2.75) is 26.4 Å². The van der Waals surface area contributed by atoms with E-state index in [-0.39, 0.29) is 12.5 Å². The molecule has 7 heteroatoms. The average molecular weight is 239 g/mol. The maximum Gasteiger partial charge on any atom is 0.304 e. The van der Waals surface area contributed by atoms with Gasteiger partial charge in [-0.25, -0.2) is 13.1 Å². The molecule has 1 unspecified atom stereocenters. The van der Waals surface area contributed by atoms with E-state index >= 15 is 0 Å². The number of hydrogen-bond acceptors (Lipinski definition) is 4. The van der Waals surface area contributed by atoms with Crippen LogP contribution in [0.3, 0.4) is 0 Å². The van der Waals surface area contributed by atoms with E-state index in [2.05, 4.69) is 4.72 Å². The van der Waals surface area contributed by atoms with Gasteiger partial charge in [-0.15, -0.1) is 0 Å². The van der Waals surface area contributed by atoms with Crippen LogP contribution in [0.2, 0.25) is 0 Å². The van der Waals surface area contributed by atoms with Crippen LogP contribution in [0.5, 0.6) is 0 Å². The molecule has 0 aliphatic heterocycles. The number of nitrogens with one attached hydrogen (secondary N) is 1. The van der Waals surface area contributed by atoms with Crippen molar-refractivity contribution in [1.82, 2.24) is 4.72 Å². The summed E-state index contributed by atoms with van der Waals surface area (Å²) in [6.45, 7) is 3.44. The Morgan fingerprint density at radius 2 is 1.93 bits per heavy atom. The fourth-order valence-electron chi connectivity index (χ4n) is 0.742. The van der Waals surface area contributed by atoms with Crippen molar-refractivity contribution in [2.24, 2.45) is 5.92 Å². The minimum Gasteiger partial charge on any atom is -0.481 e. The fraction of sp³-hybridized carbons (Fsp3) is 0.875. The number of hydrogen-bond donors (Lipinski definition) is 3. The first-order valence-corrected chi connectivity index (χ1v) is 6.27. The quantitative estimate of drug-likeness (QED) is 0.550. The van der Waals surface area contributed by atoms with Crippen LogP contribution in [-0.2, 0) is 14.8 Å². The molecule has 6 nitrogen and oxygen atoms in total. The SMILES string of the molecule is CC(C)C(O)CNS(=O)(=O)CCC(=O)O. The lowest BCUT2D eigenvalue weighted by atomic mass is 10.1. The highest BCUT2D eigenvalue weighted by molar-refractivity contribution is 7.89. The molecule has 1 atom stereocenters. The summed E-state index contributed by atoms with van der Waals surface area (Å²) in [5.74, 6) is -1.68. The van der Waals surface area contributed by atoms with Crippen LogP contribution in [-0.4, -0.2) is 43.0 Å². The summed E-state index contributed by atoms with van der Waals surface area (Å²) >= 11 is 0. The third-order valence-electron chi connectivity index (χ3n) is 1.87. The first kappa shape index (κ1) is 14.3. The van der Waals surface area contributed by atoms with E-state index in [0.717, 1.165) is 0 Å². The Morgan fingerprint density at radius 3 is 2.33 bits per heavy atom. The van der Waals surface area contributed by atoms with Crippen molar-refractivity contribution in [3.05, 3.63) is 0 Å². The molecule has 0 radical (unpaired) electrons. The first-order valence-electron chi connectivity index (χ1n) is 4.62. The Hall–Kier alpha value is -0.660. The largest absolute Gasteiger partial charge is 0.481 e. The van der Waals surface area contributed by atoms with Crippen molar-refractivity contribution >= 4 is 16.0 Å². The van der Waals surface area contributed by atoms with E-state index in [1.807, 2.05) is 0 Å². The topological polar surface area (TPSA) is 104 Å². The molecule has 0 amide bonds. The van der Waals surface area contributed by atoms with Gasteiger partial charge < -0.3 is 10.2 Å². The Bertz CT molecular complexity index is 298. The number of rotatable bonds is 7. The number of sulfonamides is 1. The summed E-state index contributed by atoms with van der Waals surface area (Å²) < 4.78 is 24.5. The lowest BCUT2D eigenvalue weighted by Gasteiger charge is -2.14. The second kappa shape index (κ2) is 6.04. The van der Waals surface area contributed by atoms with Crippen LogP contribution >= 0.6 is 0 Å². The molecule has 0 aliphatic rings. The molecule has 0 aromatic rings. The van der Waals surface area contributed by atoms with E-state index in [4.69, 9.17) is 5.11 Å². The molecule has 0 saturated heterocycles. The molecule has 90 valence electrons. The van der Waals surface area contributed by atoms with Gasteiger partial charge in [-0.05, 0) is 5.92 Å². The molecular formula is C8H17NO5S. The summed E-state index contributed by atoms with van der Waals surface area (Å²) in [6.07, 6.45) is -1.20. The Morgan fingerprint density at radius 1 is 1.40 bits per heavy atom. The molecule has 0 heterocycles. The zero-order valence-electron chi connectivity index (χ0n) is 8.80. The van der Waals surface area contributed by atoms with Crippen molar-refractivity contribution in [2.75, 3.05) is 12.3 Å². The summed E-state index contributed by atoms with van der Waals surface area (Å²) in [7, 11) is -3.60. The van der Waals surface area contributed by atoms with E-state index < -0.39 is 34.3 Å². The Kier molecular flexibility index (Phi) is 5.77. The predicted octanol–water partition coefficient (Wildman–Crippen LogP) is -0.603.